The van der Waals surface area contributed by atoms with Gasteiger partial charge in [-0.1, -0.05) is 19.6 Å². The molecule has 0 saturated heterocycles. The highest BCUT2D eigenvalue weighted by Crippen LogP contribution is 2.21. The number of rotatable bonds is 5. The summed E-state index contributed by atoms with van der Waals surface area (Å²) >= 11 is 3.50. The standard InChI is InChI=1S/C12H18BrN3OSi/c1-18(2,3)5-4-17-9-16-8-15-11-7-14-6-10(13)12(11)16/h6-8H,4-5,9H2,1-3H3. The number of aromatic nitrogens is 3. The Morgan fingerprint density at radius 2 is 2.11 bits per heavy atom. The van der Waals surface area contributed by atoms with Crippen LogP contribution in [0.1, 0.15) is 0 Å². The number of pyridine rings is 1. The Bertz CT molecular complexity index is 536. The first-order valence-electron chi connectivity index (χ1n) is 5.99. The second kappa shape index (κ2) is 5.50. The Balaban J connectivity index is 2.00. The van der Waals surface area contributed by atoms with Gasteiger partial charge in [-0.05, 0) is 22.0 Å². The van der Waals surface area contributed by atoms with Crippen molar-refractivity contribution in [3.63, 3.8) is 0 Å². The lowest BCUT2D eigenvalue weighted by Gasteiger charge is -2.15. The van der Waals surface area contributed by atoms with Crippen LogP contribution in [-0.2, 0) is 11.5 Å². The highest BCUT2D eigenvalue weighted by Gasteiger charge is 2.12. The molecule has 0 fully saturated rings. The number of hydrogen-bond donors (Lipinski definition) is 0. The molecule has 2 rings (SSSR count). The van der Waals surface area contributed by atoms with Crippen LogP contribution in [-0.4, -0.2) is 29.2 Å². The third-order valence-electron chi connectivity index (χ3n) is 2.70. The molecule has 4 nitrogen and oxygen atoms in total. The van der Waals surface area contributed by atoms with Gasteiger partial charge in [-0.25, -0.2) is 4.98 Å². The van der Waals surface area contributed by atoms with Crippen LogP contribution in [0.4, 0.5) is 0 Å². The van der Waals surface area contributed by atoms with Gasteiger partial charge < -0.3 is 9.30 Å². The molecule has 6 heteroatoms. The Morgan fingerprint density at radius 3 is 2.83 bits per heavy atom. The lowest BCUT2D eigenvalue weighted by molar-refractivity contribution is 0.0898. The molecule has 0 aliphatic heterocycles. The normalized spacial score (nSPS) is 12.2. The molecule has 0 N–H and O–H groups in total. The molecule has 0 aliphatic carbocycles. The first-order chi connectivity index (χ1) is 8.47. The third-order valence-corrected chi connectivity index (χ3v) is 4.99. The number of halogens is 1. The van der Waals surface area contributed by atoms with E-state index in [9.17, 15) is 0 Å². The van der Waals surface area contributed by atoms with E-state index < -0.39 is 8.07 Å². The van der Waals surface area contributed by atoms with E-state index in [4.69, 9.17) is 4.74 Å². The van der Waals surface area contributed by atoms with Gasteiger partial charge >= 0.3 is 0 Å². The Morgan fingerprint density at radius 1 is 1.33 bits per heavy atom. The molecule has 98 valence electrons. The lowest BCUT2D eigenvalue weighted by Crippen LogP contribution is -2.21. The zero-order chi connectivity index (χ0) is 13.2. The maximum atomic E-state index is 5.73. The first kappa shape index (κ1) is 13.7. The summed E-state index contributed by atoms with van der Waals surface area (Å²) in [5, 5.41) is 0. The topological polar surface area (TPSA) is 39.9 Å². The van der Waals surface area contributed by atoms with Gasteiger partial charge in [-0.3, -0.25) is 4.98 Å². The van der Waals surface area contributed by atoms with Gasteiger partial charge in [-0.15, -0.1) is 0 Å². The number of imidazole rings is 1. The van der Waals surface area contributed by atoms with Crippen LogP contribution in [0.15, 0.2) is 23.2 Å². The number of hydrogen-bond acceptors (Lipinski definition) is 3. The van der Waals surface area contributed by atoms with Crippen LogP contribution in [0.5, 0.6) is 0 Å². The van der Waals surface area contributed by atoms with Gasteiger partial charge in [0.25, 0.3) is 0 Å². The molecule has 0 aromatic carbocycles. The summed E-state index contributed by atoms with van der Waals surface area (Å²) in [7, 11) is -1.01. The van der Waals surface area contributed by atoms with E-state index in [-0.39, 0.29) is 0 Å². The monoisotopic (exact) mass is 327 g/mol. The average Bonchev–Trinajstić information content (AvgIpc) is 2.68. The van der Waals surface area contributed by atoms with E-state index in [0.29, 0.717) is 6.73 Å². The molecular weight excluding hydrogens is 310 g/mol. The minimum atomic E-state index is -1.01. The molecule has 0 spiro atoms. The number of nitrogens with zero attached hydrogens (tertiary/aromatic N) is 3. The van der Waals surface area contributed by atoms with Crippen LogP contribution in [0.2, 0.25) is 25.7 Å². The van der Waals surface area contributed by atoms with Crippen molar-refractivity contribution in [2.45, 2.75) is 32.4 Å². The molecule has 0 radical (unpaired) electrons. The smallest absolute Gasteiger partial charge is 0.124 e. The van der Waals surface area contributed by atoms with Crippen molar-refractivity contribution in [1.82, 2.24) is 14.5 Å². The molecule has 0 atom stereocenters. The fraction of sp³-hybridized carbons (Fsp3) is 0.500. The first-order valence-corrected chi connectivity index (χ1v) is 10.5. The molecule has 0 bridgehead atoms. The molecule has 0 aliphatic rings. The van der Waals surface area contributed by atoms with E-state index in [1.807, 2.05) is 4.57 Å². The SMILES string of the molecule is C[Si](C)(C)CCOCn1cnc2cncc(Br)c21. The summed E-state index contributed by atoms with van der Waals surface area (Å²) in [5.41, 5.74) is 1.93. The summed E-state index contributed by atoms with van der Waals surface area (Å²) < 4.78 is 8.69. The van der Waals surface area contributed by atoms with Gasteiger partial charge in [0.05, 0.1) is 22.5 Å². The van der Waals surface area contributed by atoms with Crippen molar-refractivity contribution in [3.8, 4) is 0 Å². The Hall–Kier alpha value is -0.723. The molecule has 18 heavy (non-hydrogen) atoms. The van der Waals surface area contributed by atoms with Crippen molar-refractivity contribution >= 4 is 35.0 Å². The minimum absolute atomic E-state index is 0.545. The van der Waals surface area contributed by atoms with Crippen LogP contribution < -0.4 is 0 Å². The predicted molar refractivity (Wildman–Crippen MR) is 79.3 cm³/mol. The van der Waals surface area contributed by atoms with Gasteiger partial charge in [-0.2, -0.15) is 0 Å². The van der Waals surface area contributed by atoms with Gasteiger partial charge in [0.15, 0.2) is 0 Å². The minimum Gasteiger partial charge on any atom is -0.361 e. The van der Waals surface area contributed by atoms with Gasteiger partial charge in [0, 0.05) is 20.9 Å². The van der Waals surface area contributed by atoms with Crippen LogP contribution in [0, 0.1) is 0 Å². The molecule has 0 saturated carbocycles. The van der Waals surface area contributed by atoms with Crippen LogP contribution >= 0.6 is 15.9 Å². The third kappa shape index (κ3) is 3.40. The van der Waals surface area contributed by atoms with E-state index in [1.54, 1.807) is 18.7 Å². The molecule has 2 aromatic rings. The fourth-order valence-electron chi connectivity index (χ4n) is 1.63. The molecule has 0 amide bonds. The summed E-state index contributed by atoms with van der Waals surface area (Å²) in [6, 6.07) is 1.18. The van der Waals surface area contributed by atoms with Gasteiger partial charge in [0.1, 0.15) is 12.2 Å². The second-order valence-corrected chi connectivity index (χ2v) is 12.0. The highest BCUT2D eigenvalue weighted by molar-refractivity contribution is 9.10. The number of ether oxygens (including phenoxy) is 1. The van der Waals surface area contributed by atoms with Crippen molar-refractivity contribution in [3.05, 3.63) is 23.2 Å². The summed E-state index contributed by atoms with van der Waals surface area (Å²) in [6.45, 7) is 8.42. The fourth-order valence-corrected chi connectivity index (χ4v) is 2.93. The summed E-state index contributed by atoms with van der Waals surface area (Å²) in [4.78, 5) is 8.40. The maximum absolute atomic E-state index is 5.73. The predicted octanol–water partition coefficient (Wildman–Crippen LogP) is 3.51. The van der Waals surface area contributed by atoms with E-state index in [0.717, 1.165) is 22.1 Å². The molecule has 2 aromatic heterocycles. The van der Waals surface area contributed by atoms with E-state index in [2.05, 4.69) is 45.5 Å². The summed E-state index contributed by atoms with van der Waals surface area (Å²) in [5.74, 6) is 0. The van der Waals surface area contributed by atoms with Crippen molar-refractivity contribution in [1.29, 1.82) is 0 Å². The molecule has 0 unspecified atom stereocenters. The van der Waals surface area contributed by atoms with Crippen molar-refractivity contribution in [2.24, 2.45) is 0 Å². The highest BCUT2D eigenvalue weighted by atomic mass is 79.9. The second-order valence-electron chi connectivity index (χ2n) is 5.55. The zero-order valence-electron chi connectivity index (χ0n) is 11.0. The Kier molecular flexibility index (Phi) is 4.19. The van der Waals surface area contributed by atoms with Crippen molar-refractivity contribution < 1.29 is 4.74 Å². The zero-order valence-corrected chi connectivity index (χ0v) is 13.6. The maximum Gasteiger partial charge on any atom is 0.124 e. The average molecular weight is 328 g/mol. The Labute approximate surface area is 117 Å². The van der Waals surface area contributed by atoms with Gasteiger partial charge in [0.2, 0.25) is 0 Å². The van der Waals surface area contributed by atoms with E-state index >= 15 is 0 Å². The van der Waals surface area contributed by atoms with Crippen molar-refractivity contribution in [2.75, 3.05) is 6.61 Å². The lowest BCUT2D eigenvalue weighted by atomic mass is 10.4. The molecule has 2 heterocycles. The summed E-state index contributed by atoms with van der Waals surface area (Å²) in [6.07, 6.45) is 5.34. The van der Waals surface area contributed by atoms with E-state index in [1.165, 1.54) is 6.04 Å². The largest absolute Gasteiger partial charge is 0.361 e. The van der Waals surface area contributed by atoms with Crippen LogP contribution in [0.25, 0.3) is 11.0 Å². The molecular formula is C12H18BrN3OSi. The van der Waals surface area contributed by atoms with Crippen LogP contribution in [0.3, 0.4) is 0 Å². The quantitative estimate of drug-likeness (QED) is 0.623. The number of fused-ring (bicyclic) bond motifs is 1.